The highest BCUT2D eigenvalue weighted by atomic mass is 35.5. The van der Waals surface area contributed by atoms with Crippen LogP contribution in [0, 0.1) is 0 Å². The molecule has 36 heavy (non-hydrogen) atoms. The molecular formula is C27H23Cl3O6. The van der Waals surface area contributed by atoms with Gasteiger partial charge >= 0.3 is 0 Å². The topological polar surface area (TPSA) is 55.4 Å². The Morgan fingerprint density at radius 1 is 0.472 bits per heavy atom. The van der Waals surface area contributed by atoms with Crippen LogP contribution in [0.25, 0.3) is 0 Å². The molecule has 3 aliphatic rings. The molecule has 0 aromatic heterocycles. The molecule has 0 amide bonds. The molecule has 3 aromatic carbocycles. The number of alkyl halides is 3. The Bertz CT molecular complexity index is 1190. The fraction of sp³-hybridized carbons (Fsp3) is 0.333. The summed E-state index contributed by atoms with van der Waals surface area (Å²) in [5.74, 6) is 0. The Balaban J connectivity index is 1.34. The Hall–Kier alpha value is -1.71. The van der Waals surface area contributed by atoms with E-state index in [1.807, 2.05) is 91.0 Å². The maximum Gasteiger partial charge on any atom is 0.277 e. The Labute approximate surface area is 223 Å². The van der Waals surface area contributed by atoms with Crippen molar-refractivity contribution in [2.45, 2.75) is 40.2 Å². The molecule has 0 N–H and O–H groups in total. The molecule has 0 saturated carbocycles. The van der Waals surface area contributed by atoms with Crippen molar-refractivity contribution in [1.29, 1.82) is 0 Å². The van der Waals surface area contributed by atoms with E-state index in [1.54, 1.807) is 0 Å². The van der Waals surface area contributed by atoms with Crippen molar-refractivity contribution in [2.75, 3.05) is 13.2 Å². The van der Waals surface area contributed by atoms with E-state index >= 15 is 0 Å². The number of hydrogen-bond acceptors (Lipinski definition) is 6. The monoisotopic (exact) mass is 548 g/mol. The Morgan fingerprint density at radius 2 is 0.806 bits per heavy atom. The lowest BCUT2D eigenvalue weighted by atomic mass is 10.0. The van der Waals surface area contributed by atoms with E-state index < -0.39 is 40.2 Å². The molecule has 9 heteroatoms. The van der Waals surface area contributed by atoms with Crippen molar-refractivity contribution in [2.24, 2.45) is 0 Å². The van der Waals surface area contributed by atoms with Crippen molar-refractivity contribution in [1.82, 2.24) is 0 Å². The quantitative estimate of drug-likeness (QED) is 0.387. The average Bonchev–Trinajstić information content (AvgIpc) is 3.45. The summed E-state index contributed by atoms with van der Waals surface area (Å²) in [5, 5.41) is -4.63. The van der Waals surface area contributed by atoms with Gasteiger partial charge in [-0.1, -0.05) is 126 Å². The van der Waals surface area contributed by atoms with Crippen LogP contribution < -0.4 is 0 Å². The standard InChI is InChI=1S/C27H23Cl3O6/c28-25(18-10-4-1-5-11-18)31-16-21(33-25)23-24-22(34-27(30,36-24)20-14-8-3-9-15-20)17-32-26(29,35-23)19-12-6-2-7-13-19/h1-15,21-24H,16-17H2/t21-,22+,23+,24+,25?,26?,27?/m0/s1. The van der Waals surface area contributed by atoms with Crippen LogP contribution in [0.3, 0.4) is 0 Å². The first-order chi connectivity index (χ1) is 17.4. The smallest absolute Gasteiger partial charge is 0.277 e. The molecule has 3 aliphatic heterocycles. The van der Waals surface area contributed by atoms with Gasteiger partial charge in [-0.05, 0) is 0 Å². The third-order valence-electron chi connectivity index (χ3n) is 6.46. The Kier molecular flexibility index (Phi) is 6.53. The first-order valence-electron chi connectivity index (χ1n) is 11.6. The summed E-state index contributed by atoms with van der Waals surface area (Å²) < 4.78 is 37.3. The maximum absolute atomic E-state index is 6.95. The number of ether oxygens (including phenoxy) is 6. The molecule has 6 rings (SSSR count). The van der Waals surface area contributed by atoms with Crippen LogP contribution in [0.15, 0.2) is 91.0 Å². The van der Waals surface area contributed by atoms with Crippen molar-refractivity contribution in [3.05, 3.63) is 108 Å². The van der Waals surface area contributed by atoms with E-state index in [4.69, 9.17) is 63.2 Å². The molecule has 188 valence electrons. The van der Waals surface area contributed by atoms with E-state index in [2.05, 4.69) is 0 Å². The van der Waals surface area contributed by atoms with Gasteiger partial charge in [0, 0.05) is 16.7 Å². The van der Waals surface area contributed by atoms with Crippen molar-refractivity contribution < 1.29 is 28.4 Å². The maximum atomic E-state index is 6.95. The lowest BCUT2D eigenvalue weighted by Crippen LogP contribution is -2.47. The molecule has 3 saturated heterocycles. The zero-order valence-corrected chi connectivity index (χ0v) is 21.2. The van der Waals surface area contributed by atoms with Gasteiger partial charge in [0.2, 0.25) is 0 Å². The lowest BCUT2D eigenvalue weighted by Gasteiger charge is -2.34. The van der Waals surface area contributed by atoms with Gasteiger partial charge in [-0.3, -0.25) is 0 Å². The second-order valence-electron chi connectivity index (χ2n) is 8.81. The summed E-state index contributed by atoms with van der Waals surface area (Å²) in [6.45, 7) is 0.192. The van der Waals surface area contributed by atoms with E-state index in [1.165, 1.54) is 0 Å². The van der Waals surface area contributed by atoms with Crippen LogP contribution >= 0.6 is 34.8 Å². The lowest BCUT2D eigenvalue weighted by molar-refractivity contribution is -0.250. The van der Waals surface area contributed by atoms with Crippen molar-refractivity contribution in [3.63, 3.8) is 0 Å². The van der Waals surface area contributed by atoms with Crippen molar-refractivity contribution >= 4 is 34.8 Å². The summed E-state index contributed by atoms with van der Waals surface area (Å²) in [6, 6.07) is 27.8. The minimum Gasteiger partial charge on any atom is -0.331 e. The molecule has 3 heterocycles. The molecule has 6 nitrogen and oxygen atoms in total. The minimum absolute atomic E-state index is 0.0686. The van der Waals surface area contributed by atoms with E-state index in [9.17, 15) is 0 Å². The van der Waals surface area contributed by atoms with Crippen LogP contribution in [0.4, 0.5) is 0 Å². The number of halogens is 3. The second kappa shape index (κ2) is 9.55. The van der Waals surface area contributed by atoms with Gasteiger partial charge in [-0.25, -0.2) is 0 Å². The highest BCUT2D eigenvalue weighted by Gasteiger charge is 2.59. The molecule has 3 fully saturated rings. The number of rotatable bonds is 4. The second-order valence-corrected chi connectivity index (χ2v) is 10.3. The van der Waals surface area contributed by atoms with Gasteiger partial charge in [0.25, 0.3) is 15.7 Å². The zero-order valence-electron chi connectivity index (χ0n) is 19.0. The van der Waals surface area contributed by atoms with Crippen LogP contribution in [-0.4, -0.2) is 37.6 Å². The average molecular weight is 550 g/mol. The molecular weight excluding hydrogens is 527 g/mol. The van der Waals surface area contributed by atoms with Crippen LogP contribution in [0.1, 0.15) is 16.7 Å². The molecule has 0 spiro atoms. The molecule has 0 bridgehead atoms. The van der Waals surface area contributed by atoms with E-state index in [-0.39, 0.29) is 13.2 Å². The fourth-order valence-corrected chi connectivity index (χ4v) is 5.60. The first-order valence-corrected chi connectivity index (χ1v) is 12.7. The normalized spacial score (nSPS) is 38.4. The summed E-state index contributed by atoms with van der Waals surface area (Å²) in [4.78, 5) is 0. The van der Waals surface area contributed by atoms with E-state index in [0.717, 1.165) is 0 Å². The summed E-state index contributed by atoms with van der Waals surface area (Å²) in [6.07, 6.45) is -2.78. The third-order valence-corrected chi connectivity index (χ3v) is 7.69. The largest absolute Gasteiger partial charge is 0.331 e. The van der Waals surface area contributed by atoms with Gasteiger partial charge in [0.1, 0.15) is 24.4 Å². The SMILES string of the molecule is ClC1(c2ccccc2)OC[C@H]2OC(Cl)(c3ccccc3)O[C@H]2[C@@H]([C@@H]2COC(Cl)(c3ccccc3)O2)O1. The number of fused-ring (bicyclic) bond motifs is 1. The number of benzene rings is 3. The molecule has 3 aromatic rings. The highest BCUT2D eigenvalue weighted by molar-refractivity contribution is 6.22. The van der Waals surface area contributed by atoms with Gasteiger partial charge in [0.15, 0.2) is 0 Å². The minimum atomic E-state index is -1.61. The van der Waals surface area contributed by atoms with Crippen LogP contribution in [0.5, 0.6) is 0 Å². The molecule has 3 unspecified atom stereocenters. The summed E-state index contributed by atoms with van der Waals surface area (Å²) >= 11 is 20.6. The Morgan fingerprint density at radius 3 is 1.25 bits per heavy atom. The molecule has 0 aliphatic carbocycles. The van der Waals surface area contributed by atoms with Gasteiger partial charge < -0.3 is 28.4 Å². The van der Waals surface area contributed by atoms with Gasteiger partial charge in [0.05, 0.1) is 13.2 Å². The first kappa shape index (κ1) is 24.6. The van der Waals surface area contributed by atoms with Crippen LogP contribution in [0.2, 0.25) is 0 Å². The van der Waals surface area contributed by atoms with Gasteiger partial charge in [-0.15, -0.1) is 0 Å². The fourth-order valence-electron chi connectivity index (χ4n) is 4.67. The third kappa shape index (κ3) is 4.45. The zero-order chi connectivity index (χ0) is 24.8. The van der Waals surface area contributed by atoms with Gasteiger partial charge in [-0.2, -0.15) is 0 Å². The summed E-state index contributed by atoms with van der Waals surface area (Å²) in [7, 11) is 0. The predicted octanol–water partition coefficient (Wildman–Crippen LogP) is 5.75. The molecule has 0 radical (unpaired) electrons. The van der Waals surface area contributed by atoms with E-state index in [0.29, 0.717) is 16.7 Å². The molecule has 7 atom stereocenters. The highest BCUT2D eigenvalue weighted by Crippen LogP contribution is 2.49. The summed E-state index contributed by atoms with van der Waals surface area (Å²) in [5.41, 5.74) is 1.93. The number of hydrogen-bond donors (Lipinski definition) is 0. The predicted molar refractivity (Wildman–Crippen MR) is 133 cm³/mol. The van der Waals surface area contributed by atoms with Crippen molar-refractivity contribution in [3.8, 4) is 0 Å². The van der Waals surface area contributed by atoms with Crippen LogP contribution in [-0.2, 0) is 44.2 Å².